The van der Waals surface area contributed by atoms with Crippen molar-refractivity contribution in [1.82, 2.24) is 15.3 Å². The molecule has 2 aromatic rings. The van der Waals surface area contributed by atoms with Crippen molar-refractivity contribution >= 4 is 5.91 Å². The van der Waals surface area contributed by atoms with Crippen LogP contribution in [0.4, 0.5) is 4.39 Å². The van der Waals surface area contributed by atoms with Gasteiger partial charge in [-0.3, -0.25) is 9.78 Å². The lowest BCUT2D eigenvalue weighted by atomic mass is 10.2. The van der Waals surface area contributed by atoms with Crippen molar-refractivity contribution in [3.63, 3.8) is 0 Å². The SMILES string of the molecule is O=C(NCCc1cccnc1)c1cccnc1F. The predicted octanol–water partition coefficient (Wildman–Crippen LogP) is 1.59. The van der Waals surface area contributed by atoms with Crippen molar-refractivity contribution in [3.8, 4) is 0 Å². The first kappa shape index (κ1) is 12.2. The molecule has 92 valence electrons. The van der Waals surface area contributed by atoms with Gasteiger partial charge in [0, 0.05) is 25.1 Å². The minimum atomic E-state index is -0.753. The molecule has 2 aromatic heterocycles. The van der Waals surface area contributed by atoms with Crippen LogP contribution >= 0.6 is 0 Å². The normalized spacial score (nSPS) is 10.1. The van der Waals surface area contributed by atoms with Crippen molar-refractivity contribution in [2.45, 2.75) is 6.42 Å². The van der Waals surface area contributed by atoms with Crippen LogP contribution in [-0.2, 0) is 6.42 Å². The van der Waals surface area contributed by atoms with E-state index in [1.54, 1.807) is 12.4 Å². The van der Waals surface area contributed by atoms with Crippen molar-refractivity contribution in [1.29, 1.82) is 0 Å². The number of aromatic nitrogens is 2. The molecule has 0 aliphatic carbocycles. The molecule has 1 N–H and O–H groups in total. The van der Waals surface area contributed by atoms with E-state index in [0.29, 0.717) is 13.0 Å². The van der Waals surface area contributed by atoms with Crippen LogP contribution in [0.25, 0.3) is 0 Å². The van der Waals surface area contributed by atoms with E-state index >= 15 is 0 Å². The monoisotopic (exact) mass is 245 g/mol. The number of hydrogen-bond donors (Lipinski definition) is 1. The molecule has 0 aromatic carbocycles. The van der Waals surface area contributed by atoms with E-state index in [9.17, 15) is 9.18 Å². The molecule has 0 atom stereocenters. The second-order valence-electron chi connectivity index (χ2n) is 3.71. The van der Waals surface area contributed by atoms with Gasteiger partial charge in [0.1, 0.15) is 0 Å². The fraction of sp³-hybridized carbons (Fsp3) is 0.154. The maximum atomic E-state index is 13.2. The minimum absolute atomic E-state index is 0.0383. The fourth-order valence-electron chi connectivity index (χ4n) is 1.52. The van der Waals surface area contributed by atoms with Crippen molar-refractivity contribution < 1.29 is 9.18 Å². The molecular weight excluding hydrogens is 233 g/mol. The van der Waals surface area contributed by atoms with Gasteiger partial charge in [-0.25, -0.2) is 4.98 Å². The summed E-state index contributed by atoms with van der Waals surface area (Å²) in [5, 5.41) is 2.64. The van der Waals surface area contributed by atoms with E-state index in [0.717, 1.165) is 5.56 Å². The molecule has 0 unspecified atom stereocenters. The van der Waals surface area contributed by atoms with Gasteiger partial charge in [0.25, 0.3) is 5.91 Å². The molecule has 0 aliphatic heterocycles. The number of nitrogens with zero attached hydrogens (tertiary/aromatic N) is 2. The molecule has 4 nitrogen and oxygen atoms in total. The van der Waals surface area contributed by atoms with Gasteiger partial charge in [0.05, 0.1) is 5.56 Å². The number of pyridine rings is 2. The Balaban J connectivity index is 1.88. The summed E-state index contributed by atoms with van der Waals surface area (Å²) in [7, 11) is 0. The Morgan fingerprint density at radius 1 is 1.28 bits per heavy atom. The van der Waals surface area contributed by atoms with E-state index in [1.807, 2.05) is 12.1 Å². The average Bonchev–Trinajstić information content (AvgIpc) is 2.40. The zero-order valence-corrected chi connectivity index (χ0v) is 9.64. The molecule has 0 aliphatic rings. The number of hydrogen-bond acceptors (Lipinski definition) is 3. The molecule has 0 saturated heterocycles. The van der Waals surface area contributed by atoms with E-state index in [-0.39, 0.29) is 5.56 Å². The van der Waals surface area contributed by atoms with Gasteiger partial charge in [-0.15, -0.1) is 0 Å². The van der Waals surface area contributed by atoms with E-state index in [2.05, 4.69) is 15.3 Å². The highest BCUT2D eigenvalue weighted by molar-refractivity contribution is 5.94. The summed E-state index contributed by atoms with van der Waals surface area (Å²) in [6, 6.07) is 6.68. The topological polar surface area (TPSA) is 54.9 Å². The van der Waals surface area contributed by atoms with Crippen LogP contribution in [0.5, 0.6) is 0 Å². The lowest BCUT2D eigenvalue weighted by molar-refractivity contribution is 0.0949. The maximum absolute atomic E-state index is 13.2. The first-order valence-electron chi connectivity index (χ1n) is 5.55. The van der Waals surface area contributed by atoms with Gasteiger partial charge in [0.15, 0.2) is 0 Å². The molecule has 0 bridgehead atoms. The molecule has 2 heterocycles. The molecule has 5 heteroatoms. The Labute approximate surface area is 104 Å². The Kier molecular flexibility index (Phi) is 3.96. The van der Waals surface area contributed by atoms with Gasteiger partial charge in [0.2, 0.25) is 5.95 Å². The Hall–Kier alpha value is -2.30. The van der Waals surface area contributed by atoms with Gasteiger partial charge in [-0.2, -0.15) is 4.39 Å². The van der Waals surface area contributed by atoms with Crippen LogP contribution in [0.1, 0.15) is 15.9 Å². The van der Waals surface area contributed by atoms with Crippen LogP contribution in [-0.4, -0.2) is 22.4 Å². The third kappa shape index (κ3) is 3.10. The summed E-state index contributed by atoms with van der Waals surface area (Å²) in [5.74, 6) is -1.21. The highest BCUT2D eigenvalue weighted by atomic mass is 19.1. The first-order valence-corrected chi connectivity index (χ1v) is 5.55. The standard InChI is InChI=1S/C13H12FN3O/c14-12-11(4-2-7-16-12)13(18)17-8-5-10-3-1-6-15-9-10/h1-4,6-7,9H,5,8H2,(H,17,18). The molecule has 0 radical (unpaired) electrons. The maximum Gasteiger partial charge on any atom is 0.255 e. The van der Waals surface area contributed by atoms with Gasteiger partial charge < -0.3 is 5.32 Å². The number of amides is 1. The number of halogens is 1. The number of rotatable bonds is 4. The number of nitrogens with one attached hydrogen (secondary N) is 1. The van der Waals surface area contributed by atoms with Crippen LogP contribution in [0.3, 0.4) is 0 Å². The van der Waals surface area contributed by atoms with Crippen LogP contribution in [0, 0.1) is 5.95 Å². The summed E-state index contributed by atoms with van der Waals surface area (Å²) in [4.78, 5) is 19.0. The summed E-state index contributed by atoms with van der Waals surface area (Å²) >= 11 is 0. The first-order chi connectivity index (χ1) is 8.77. The third-order valence-electron chi connectivity index (χ3n) is 2.43. The molecule has 18 heavy (non-hydrogen) atoms. The second-order valence-corrected chi connectivity index (χ2v) is 3.71. The smallest absolute Gasteiger partial charge is 0.255 e. The molecular formula is C13H12FN3O. The van der Waals surface area contributed by atoms with Crippen molar-refractivity contribution in [2.75, 3.05) is 6.54 Å². The van der Waals surface area contributed by atoms with E-state index < -0.39 is 11.9 Å². The summed E-state index contributed by atoms with van der Waals surface area (Å²) in [6.07, 6.45) is 5.38. The van der Waals surface area contributed by atoms with Gasteiger partial charge in [-0.1, -0.05) is 6.07 Å². The molecule has 2 rings (SSSR count). The summed E-state index contributed by atoms with van der Waals surface area (Å²) in [5.41, 5.74) is 0.980. The summed E-state index contributed by atoms with van der Waals surface area (Å²) < 4.78 is 13.2. The molecule has 0 saturated carbocycles. The van der Waals surface area contributed by atoms with Crippen molar-refractivity contribution in [2.24, 2.45) is 0 Å². The molecule has 0 fully saturated rings. The fourth-order valence-corrected chi connectivity index (χ4v) is 1.52. The second kappa shape index (κ2) is 5.86. The lowest BCUT2D eigenvalue weighted by Gasteiger charge is -2.05. The van der Waals surface area contributed by atoms with Crippen LogP contribution in [0.2, 0.25) is 0 Å². The van der Waals surface area contributed by atoms with Gasteiger partial charge in [-0.05, 0) is 30.2 Å². The lowest BCUT2D eigenvalue weighted by Crippen LogP contribution is -2.26. The zero-order chi connectivity index (χ0) is 12.8. The minimum Gasteiger partial charge on any atom is -0.352 e. The van der Waals surface area contributed by atoms with E-state index in [4.69, 9.17) is 0 Å². The highest BCUT2D eigenvalue weighted by Gasteiger charge is 2.10. The number of carbonyl (C=O) groups excluding carboxylic acids is 1. The molecule has 0 spiro atoms. The van der Waals surface area contributed by atoms with Crippen LogP contribution < -0.4 is 5.32 Å². The largest absolute Gasteiger partial charge is 0.352 e. The predicted molar refractivity (Wildman–Crippen MR) is 64.5 cm³/mol. The zero-order valence-electron chi connectivity index (χ0n) is 9.64. The quantitative estimate of drug-likeness (QED) is 0.832. The Morgan fingerprint density at radius 3 is 2.83 bits per heavy atom. The highest BCUT2D eigenvalue weighted by Crippen LogP contribution is 2.02. The summed E-state index contributed by atoms with van der Waals surface area (Å²) in [6.45, 7) is 0.429. The van der Waals surface area contributed by atoms with E-state index in [1.165, 1.54) is 18.3 Å². The van der Waals surface area contributed by atoms with Crippen molar-refractivity contribution in [3.05, 3.63) is 59.9 Å². The Morgan fingerprint density at radius 2 is 2.11 bits per heavy atom. The molecule has 1 amide bonds. The Bertz CT molecular complexity index is 531. The van der Waals surface area contributed by atoms with Crippen LogP contribution in [0.15, 0.2) is 42.9 Å². The average molecular weight is 245 g/mol. The van der Waals surface area contributed by atoms with Gasteiger partial charge >= 0.3 is 0 Å². The number of carbonyl (C=O) groups is 1. The third-order valence-corrected chi connectivity index (χ3v) is 2.43.